The molecule has 0 bridgehead atoms. The molecular formula is C5H12O8P2. The quantitative estimate of drug-likeness (QED) is 0.311. The van der Waals surface area contributed by atoms with E-state index in [-0.39, 0.29) is 0 Å². The highest BCUT2D eigenvalue weighted by molar-refractivity contribution is 7.61. The minimum Gasteiger partial charge on any atom is -0.412 e. The number of phosphoric acid groups is 2. The van der Waals surface area contributed by atoms with Crippen LogP contribution >= 0.6 is 15.6 Å². The topological polar surface area (TPSA) is 112 Å². The summed E-state index contributed by atoms with van der Waals surface area (Å²) in [5, 5.41) is 8.10. The van der Waals surface area contributed by atoms with Gasteiger partial charge in [-0.2, -0.15) is 4.31 Å². The number of rotatable bonds is 7. The molecule has 0 aromatic carbocycles. The lowest BCUT2D eigenvalue weighted by atomic mass is 10.5. The van der Waals surface area contributed by atoms with Gasteiger partial charge in [-0.1, -0.05) is 6.92 Å². The van der Waals surface area contributed by atoms with Crippen molar-refractivity contribution in [1.82, 2.24) is 0 Å². The fraction of sp³-hybridized carbons (Fsp3) is 0.600. The summed E-state index contributed by atoms with van der Waals surface area (Å²) in [6.07, 6.45) is 2.89. The van der Waals surface area contributed by atoms with Gasteiger partial charge in [0.15, 0.2) is 0 Å². The van der Waals surface area contributed by atoms with Gasteiger partial charge in [0.2, 0.25) is 0 Å². The van der Waals surface area contributed by atoms with Crippen molar-refractivity contribution in [3.8, 4) is 0 Å². The molecule has 0 heterocycles. The number of allylic oxidation sites excluding steroid dienone is 1. The number of hydrogen-bond donors (Lipinski definition) is 2. The van der Waals surface area contributed by atoms with E-state index in [1.807, 2.05) is 0 Å². The van der Waals surface area contributed by atoms with Crippen LogP contribution in [0.3, 0.4) is 0 Å². The first kappa shape index (κ1) is 14.8. The molecule has 0 aliphatic rings. The molecule has 0 aliphatic heterocycles. The Morgan fingerprint density at radius 1 is 1.40 bits per heavy atom. The van der Waals surface area contributed by atoms with Crippen molar-refractivity contribution in [1.29, 1.82) is 0 Å². The lowest BCUT2D eigenvalue weighted by Gasteiger charge is -2.14. The Hall–Kier alpha value is -0.200. The summed E-state index contributed by atoms with van der Waals surface area (Å²) >= 11 is 0. The predicted molar refractivity (Wildman–Crippen MR) is 49.8 cm³/mol. The van der Waals surface area contributed by atoms with Gasteiger partial charge in [0.05, 0.1) is 6.26 Å². The van der Waals surface area contributed by atoms with Crippen LogP contribution in [-0.2, 0) is 27.2 Å². The second-order valence-electron chi connectivity index (χ2n) is 2.15. The van der Waals surface area contributed by atoms with E-state index < -0.39 is 15.6 Å². The average Bonchev–Trinajstić information content (AvgIpc) is 2.17. The first-order chi connectivity index (χ1) is 6.89. The van der Waals surface area contributed by atoms with Gasteiger partial charge in [-0.3, -0.25) is 9.42 Å². The fourth-order valence-corrected chi connectivity index (χ4v) is 2.30. The molecule has 0 spiro atoms. The molecule has 0 saturated heterocycles. The Bertz CT molecular complexity index is 291. The summed E-state index contributed by atoms with van der Waals surface area (Å²) in [6, 6.07) is 0. The fourth-order valence-electron chi connectivity index (χ4n) is 0.443. The Balaban J connectivity index is 4.43. The van der Waals surface area contributed by atoms with E-state index in [0.29, 0.717) is 6.42 Å². The van der Waals surface area contributed by atoms with Crippen LogP contribution in [0.2, 0.25) is 0 Å². The summed E-state index contributed by atoms with van der Waals surface area (Å²) in [5.41, 5.74) is 0. The van der Waals surface area contributed by atoms with Crippen LogP contribution in [0.1, 0.15) is 13.3 Å². The van der Waals surface area contributed by atoms with Crippen molar-refractivity contribution in [3.05, 3.63) is 12.3 Å². The predicted octanol–water partition coefficient (Wildman–Crippen LogP) is 2.29. The summed E-state index contributed by atoms with van der Waals surface area (Å²) in [6.45, 7) is 1.76. The number of phosphoric ester groups is 1. The van der Waals surface area contributed by atoms with Crippen molar-refractivity contribution in [2.24, 2.45) is 0 Å². The molecular weight excluding hydrogens is 250 g/mol. The van der Waals surface area contributed by atoms with Gasteiger partial charge in [0.1, 0.15) is 0 Å². The lowest BCUT2D eigenvalue weighted by molar-refractivity contribution is -0.159. The van der Waals surface area contributed by atoms with E-state index in [1.54, 1.807) is 6.92 Å². The average molecular weight is 262 g/mol. The van der Waals surface area contributed by atoms with Crippen LogP contribution in [0.15, 0.2) is 12.3 Å². The highest BCUT2D eigenvalue weighted by atomic mass is 31.3. The van der Waals surface area contributed by atoms with E-state index in [1.165, 1.54) is 6.08 Å². The van der Waals surface area contributed by atoms with Gasteiger partial charge in [0, 0.05) is 7.11 Å². The first-order valence-corrected chi connectivity index (χ1v) is 6.71. The molecule has 0 radical (unpaired) electrons. The Labute approximate surface area is 86.6 Å². The smallest absolute Gasteiger partial charge is 0.412 e. The summed E-state index contributed by atoms with van der Waals surface area (Å²) in [5.74, 6) is 0. The minimum absolute atomic E-state index is 0.568. The maximum Gasteiger partial charge on any atom is 0.535 e. The SMILES string of the molecule is CCC=COP(=O)(O)OP(=O)(OC)OO. The molecule has 2 N–H and O–H groups in total. The molecule has 2 atom stereocenters. The van der Waals surface area contributed by atoms with Gasteiger partial charge in [-0.25, -0.2) is 14.4 Å². The van der Waals surface area contributed by atoms with E-state index in [4.69, 9.17) is 10.2 Å². The summed E-state index contributed by atoms with van der Waals surface area (Å²) in [4.78, 5) is 8.96. The lowest BCUT2D eigenvalue weighted by Crippen LogP contribution is -1.94. The van der Waals surface area contributed by atoms with E-state index in [9.17, 15) is 9.13 Å². The standard InChI is InChI=1S/C5H12O8P2/c1-3-4-5-11-14(7,8)13-15(9,10-2)12-6/h4-6H,3H2,1-2H3,(H,7,8). The van der Waals surface area contributed by atoms with E-state index in [2.05, 4.69) is 18.0 Å². The largest absolute Gasteiger partial charge is 0.535 e. The molecule has 0 amide bonds. The van der Waals surface area contributed by atoms with Crippen LogP contribution in [-0.4, -0.2) is 17.3 Å². The van der Waals surface area contributed by atoms with Crippen LogP contribution in [0.5, 0.6) is 0 Å². The molecule has 0 rings (SSSR count). The van der Waals surface area contributed by atoms with Crippen LogP contribution in [0.25, 0.3) is 0 Å². The van der Waals surface area contributed by atoms with Crippen LogP contribution in [0.4, 0.5) is 0 Å². The Morgan fingerprint density at radius 3 is 2.40 bits per heavy atom. The third kappa shape index (κ3) is 6.06. The van der Waals surface area contributed by atoms with Crippen molar-refractivity contribution < 1.29 is 37.3 Å². The van der Waals surface area contributed by atoms with Crippen molar-refractivity contribution in [2.45, 2.75) is 13.3 Å². The van der Waals surface area contributed by atoms with Gasteiger partial charge < -0.3 is 4.52 Å². The zero-order valence-corrected chi connectivity index (χ0v) is 9.89. The number of hydrogen-bond acceptors (Lipinski definition) is 7. The molecule has 2 unspecified atom stereocenters. The van der Waals surface area contributed by atoms with Gasteiger partial charge in [0.25, 0.3) is 0 Å². The molecule has 90 valence electrons. The van der Waals surface area contributed by atoms with Gasteiger partial charge in [-0.15, -0.1) is 4.67 Å². The molecule has 0 saturated carbocycles. The maximum absolute atomic E-state index is 11.0. The maximum atomic E-state index is 11.0. The Morgan fingerprint density at radius 2 is 2.00 bits per heavy atom. The van der Waals surface area contributed by atoms with E-state index in [0.717, 1.165) is 13.4 Å². The molecule has 8 nitrogen and oxygen atoms in total. The second-order valence-corrected chi connectivity index (χ2v) is 5.37. The molecule has 0 aliphatic carbocycles. The second kappa shape index (κ2) is 6.40. The first-order valence-electron chi connectivity index (χ1n) is 3.75. The molecule has 15 heavy (non-hydrogen) atoms. The normalized spacial score (nSPS) is 19.7. The zero-order valence-electron chi connectivity index (χ0n) is 8.10. The van der Waals surface area contributed by atoms with Crippen molar-refractivity contribution in [3.63, 3.8) is 0 Å². The third-order valence-electron chi connectivity index (χ3n) is 1.05. The Kier molecular flexibility index (Phi) is 6.31. The van der Waals surface area contributed by atoms with E-state index >= 15 is 0 Å². The monoisotopic (exact) mass is 262 g/mol. The third-order valence-corrected chi connectivity index (χ3v) is 3.71. The van der Waals surface area contributed by atoms with Gasteiger partial charge >= 0.3 is 15.6 Å². The van der Waals surface area contributed by atoms with Gasteiger partial charge in [-0.05, 0) is 12.5 Å². The summed E-state index contributed by atoms with van der Waals surface area (Å²) < 4.78 is 37.6. The highest BCUT2D eigenvalue weighted by Crippen LogP contribution is 2.62. The molecule has 10 heteroatoms. The molecule has 0 aromatic heterocycles. The molecule has 0 fully saturated rings. The van der Waals surface area contributed by atoms with Crippen LogP contribution < -0.4 is 0 Å². The van der Waals surface area contributed by atoms with Crippen LogP contribution in [0, 0.1) is 0 Å². The zero-order chi connectivity index (χ0) is 11.9. The minimum atomic E-state index is -4.64. The van der Waals surface area contributed by atoms with Crippen molar-refractivity contribution >= 4 is 15.6 Å². The highest BCUT2D eigenvalue weighted by Gasteiger charge is 2.38. The summed E-state index contributed by atoms with van der Waals surface area (Å²) in [7, 11) is -8.24. The molecule has 0 aromatic rings. The van der Waals surface area contributed by atoms with Crippen molar-refractivity contribution in [2.75, 3.05) is 7.11 Å².